The standard InChI is InChI=1S/C17H21N3O4S2/c1-2-13-3-6-16(7-4-13)26(23,24)20-14-5-8-17(18-11-14)19-15-9-10-25(21,22)12-15/h3-8,11,15,20H,2,9-10,12H2,1H3,(H,18,19). The highest BCUT2D eigenvalue weighted by Crippen LogP contribution is 2.19. The zero-order valence-electron chi connectivity index (χ0n) is 14.3. The van der Waals surface area contributed by atoms with Crippen molar-refractivity contribution in [1.29, 1.82) is 0 Å². The maximum Gasteiger partial charge on any atom is 0.261 e. The summed E-state index contributed by atoms with van der Waals surface area (Å²) in [7, 11) is -6.64. The van der Waals surface area contributed by atoms with Crippen molar-refractivity contribution >= 4 is 31.4 Å². The van der Waals surface area contributed by atoms with Crippen LogP contribution in [0.2, 0.25) is 0 Å². The van der Waals surface area contributed by atoms with Crippen LogP contribution in [0.3, 0.4) is 0 Å². The second kappa shape index (κ2) is 7.24. The van der Waals surface area contributed by atoms with Crippen LogP contribution >= 0.6 is 0 Å². The van der Waals surface area contributed by atoms with Crippen LogP contribution in [0.4, 0.5) is 11.5 Å². The van der Waals surface area contributed by atoms with Gasteiger partial charge < -0.3 is 5.32 Å². The fourth-order valence-electron chi connectivity index (χ4n) is 2.78. The lowest BCUT2D eigenvalue weighted by atomic mass is 10.2. The van der Waals surface area contributed by atoms with Crippen molar-refractivity contribution in [1.82, 2.24) is 4.98 Å². The number of benzene rings is 1. The predicted molar refractivity (Wildman–Crippen MR) is 102 cm³/mol. The monoisotopic (exact) mass is 395 g/mol. The largest absolute Gasteiger partial charge is 0.366 e. The molecule has 7 nitrogen and oxygen atoms in total. The smallest absolute Gasteiger partial charge is 0.261 e. The molecule has 0 spiro atoms. The molecule has 1 fully saturated rings. The van der Waals surface area contributed by atoms with Gasteiger partial charge in [-0.3, -0.25) is 4.72 Å². The molecule has 140 valence electrons. The minimum Gasteiger partial charge on any atom is -0.366 e. The van der Waals surface area contributed by atoms with Crippen LogP contribution in [-0.4, -0.2) is 39.4 Å². The van der Waals surface area contributed by atoms with E-state index in [1.165, 1.54) is 6.20 Å². The SMILES string of the molecule is CCc1ccc(S(=O)(=O)Nc2ccc(NC3CCS(=O)(=O)C3)nc2)cc1. The zero-order chi connectivity index (χ0) is 18.8. The van der Waals surface area contributed by atoms with Crippen LogP contribution in [0.1, 0.15) is 18.9 Å². The van der Waals surface area contributed by atoms with Gasteiger partial charge >= 0.3 is 0 Å². The molecular formula is C17H21N3O4S2. The summed E-state index contributed by atoms with van der Waals surface area (Å²) < 4.78 is 50.3. The Kier molecular flexibility index (Phi) is 5.19. The molecule has 0 amide bonds. The summed E-state index contributed by atoms with van der Waals surface area (Å²) in [6, 6.07) is 9.79. The van der Waals surface area contributed by atoms with E-state index in [0.717, 1.165) is 12.0 Å². The Morgan fingerprint density at radius 2 is 1.88 bits per heavy atom. The molecule has 1 saturated heterocycles. The molecule has 1 aromatic carbocycles. The Labute approximate surface area is 153 Å². The Morgan fingerprint density at radius 3 is 2.42 bits per heavy atom. The number of aromatic nitrogens is 1. The summed E-state index contributed by atoms with van der Waals surface area (Å²) in [5.41, 5.74) is 1.41. The number of pyridine rings is 1. The predicted octanol–water partition coefficient (Wildman–Crippen LogP) is 2.04. The number of aryl methyl sites for hydroxylation is 1. The number of rotatable bonds is 6. The van der Waals surface area contributed by atoms with Crippen molar-refractivity contribution in [2.45, 2.75) is 30.7 Å². The van der Waals surface area contributed by atoms with E-state index >= 15 is 0 Å². The third-order valence-corrected chi connectivity index (χ3v) is 7.41. The van der Waals surface area contributed by atoms with Crippen molar-refractivity contribution in [2.75, 3.05) is 21.5 Å². The van der Waals surface area contributed by atoms with Crippen molar-refractivity contribution in [3.05, 3.63) is 48.2 Å². The Bertz CT molecular complexity index is 970. The van der Waals surface area contributed by atoms with Crippen LogP contribution < -0.4 is 10.0 Å². The van der Waals surface area contributed by atoms with Gasteiger partial charge in [0.2, 0.25) is 0 Å². The van der Waals surface area contributed by atoms with Crippen LogP contribution in [0.15, 0.2) is 47.5 Å². The summed E-state index contributed by atoms with van der Waals surface area (Å²) in [5.74, 6) is 0.790. The first-order valence-corrected chi connectivity index (χ1v) is 11.6. The minimum absolute atomic E-state index is 0.0941. The highest BCUT2D eigenvalue weighted by atomic mass is 32.2. The highest BCUT2D eigenvalue weighted by molar-refractivity contribution is 7.92. The molecule has 1 unspecified atom stereocenters. The van der Waals surface area contributed by atoms with E-state index in [0.29, 0.717) is 17.9 Å². The van der Waals surface area contributed by atoms with Gasteiger partial charge in [0.05, 0.1) is 28.3 Å². The minimum atomic E-state index is -3.68. The van der Waals surface area contributed by atoms with Crippen molar-refractivity contribution in [2.24, 2.45) is 0 Å². The summed E-state index contributed by atoms with van der Waals surface area (Å²) in [4.78, 5) is 4.35. The Hall–Kier alpha value is -2.13. The molecule has 1 aliphatic heterocycles. The van der Waals surface area contributed by atoms with E-state index in [-0.39, 0.29) is 22.4 Å². The van der Waals surface area contributed by atoms with Crippen LogP contribution in [0.25, 0.3) is 0 Å². The molecule has 1 atom stereocenters. The molecular weight excluding hydrogens is 374 g/mol. The molecule has 26 heavy (non-hydrogen) atoms. The molecule has 1 aromatic heterocycles. The lowest BCUT2D eigenvalue weighted by Crippen LogP contribution is -2.21. The molecule has 0 aliphatic carbocycles. The molecule has 1 aliphatic rings. The van der Waals surface area contributed by atoms with Gasteiger partial charge in [0.25, 0.3) is 10.0 Å². The number of nitrogens with zero attached hydrogens (tertiary/aromatic N) is 1. The van der Waals surface area contributed by atoms with Gasteiger partial charge in [-0.25, -0.2) is 21.8 Å². The fourth-order valence-corrected chi connectivity index (χ4v) is 5.49. The zero-order valence-corrected chi connectivity index (χ0v) is 16.0. The topological polar surface area (TPSA) is 105 Å². The van der Waals surface area contributed by atoms with Gasteiger partial charge in [-0.2, -0.15) is 0 Å². The summed E-state index contributed by atoms with van der Waals surface area (Å²) in [6.07, 6.45) is 2.80. The summed E-state index contributed by atoms with van der Waals surface area (Å²) >= 11 is 0. The van der Waals surface area contributed by atoms with Gasteiger partial charge in [-0.05, 0) is 42.7 Å². The lowest BCUT2D eigenvalue weighted by Gasteiger charge is -2.12. The van der Waals surface area contributed by atoms with Crippen LogP contribution in [0.5, 0.6) is 0 Å². The van der Waals surface area contributed by atoms with Gasteiger partial charge in [-0.1, -0.05) is 19.1 Å². The van der Waals surface area contributed by atoms with Crippen LogP contribution in [0, 0.1) is 0 Å². The first-order valence-electron chi connectivity index (χ1n) is 8.32. The van der Waals surface area contributed by atoms with Gasteiger partial charge in [0.15, 0.2) is 9.84 Å². The lowest BCUT2D eigenvalue weighted by molar-refractivity contribution is 0.599. The summed E-state index contributed by atoms with van der Waals surface area (Å²) in [6.45, 7) is 2.00. The average molecular weight is 396 g/mol. The molecule has 0 saturated carbocycles. The highest BCUT2D eigenvalue weighted by Gasteiger charge is 2.27. The van der Waals surface area contributed by atoms with E-state index < -0.39 is 19.9 Å². The van der Waals surface area contributed by atoms with Crippen molar-refractivity contribution < 1.29 is 16.8 Å². The quantitative estimate of drug-likeness (QED) is 0.775. The van der Waals surface area contributed by atoms with Crippen molar-refractivity contribution in [3.63, 3.8) is 0 Å². The Morgan fingerprint density at radius 1 is 1.15 bits per heavy atom. The Balaban J connectivity index is 1.66. The molecule has 2 heterocycles. The number of nitrogens with one attached hydrogen (secondary N) is 2. The number of sulfone groups is 1. The van der Waals surface area contributed by atoms with Crippen LogP contribution in [-0.2, 0) is 26.3 Å². The van der Waals surface area contributed by atoms with Gasteiger partial charge in [0.1, 0.15) is 5.82 Å². The maximum atomic E-state index is 12.4. The van der Waals surface area contributed by atoms with Crippen molar-refractivity contribution in [3.8, 4) is 0 Å². The molecule has 2 aromatic rings. The first kappa shape index (κ1) is 18.7. The second-order valence-corrected chi connectivity index (χ2v) is 10.2. The van der Waals surface area contributed by atoms with E-state index in [4.69, 9.17) is 0 Å². The molecule has 0 bridgehead atoms. The number of anilines is 2. The molecule has 3 rings (SSSR count). The van der Waals surface area contributed by atoms with E-state index in [1.54, 1.807) is 36.4 Å². The first-order chi connectivity index (χ1) is 12.3. The normalized spacial score (nSPS) is 19.2. The van der Waals surface area contributed by atoms with Gasteiger partial charge in [0, 0.05) is 6.04 Å². The number of hydrogen-bond donors (Lipinski definition) is 2. The fraction of sp³-hybridized carbons (Fsp3) is 0.353. The van der Waals surface area contributed by atoms with E-state index in [9.17, 15) is 16.8 Å². The molecule has 9 heteroatoms. The summed E-state index contributed by atoms with van der Waals surface area (Å²) in [5, 5.41) is 3.06. The van der Waals surface area contributed by atoms with E-state index in [1.807, 2.05) is 6.92 Å². The van der Waals surface area contributed by atoms with Gasteiger partial charge in [-0.15, -0.1) is 0 Å². The van der Waals surface area contributed by atoms with E-state index in [2.05, 4.69) is 15.0 Å². The third kappa shape index (κ3) is 4.53. The maximum absolute atomic E-state index is 12.4. The number of hydrogen-bond acceptors (Lipinski definition) is 6. The number of sulfonamides is 1. The molecule has 0 radical (unpaired) electrons. The average Bonchev–Trinajstić information content (AvgIpc) is 2.95. The third-order valence-electron chi connectivity index (χ3n) is 4.24. The second-order valence-electron chi connectivity index (χ2n) is 6.28. The molecule has 2 N–H and O–H groups in total.